The van der Waals surface area contributed by atoms with Crippen molar-refractivity contribution < 1.29 is 9.53 Å². The van der Waals surface area contributed by atoms with Gasteiger partial charge in [-0.2, -0.15) is 5.10 Å². The average Bonchev–Trinajstić information content (AvgIpc) is 2.71. The molecule has 0 spiro atoms. The number of nitrogens with one attached hydrogen (secondary N) is 2. The smallest absolute Gasteiger partial charge is 0.274 e. The van der Waals surface area contributed by atoms with E-state index in [0.29, 0.717) is 12.3 Å². The first kappa shape index (κ1) is 14.5. The van der Waals surface area contributed by atoms with Gasteiger partial charge in [-0.1, -0.05) is 20.3 Å². The predicted molar refractivity (Wildman–Crippen MR) is 70.4 cm³/mol. The van der Waals surface area contributed by atoms with Gasteiger partial charge in [-0.3, -0.25) is 9.89 Å². The van der Waals surface area contributed by atoms with Crippen LogP contribution < -0.4 is 11.1 Å². The Balaban J connectivity index is 2.71. The molecule has 1 rings (SSSR count). The van der Waals surface area contributed by atoms with Crippen LogP contribution in [0, 0.1) is 0 Å². The number of aromatic nitrogens is 2. The van der Waals surface area contributed by atoms with Crippen molar-refractivity contribution in [3.05, 3.63) is 11.4 Å². The van der Waals surface area contributed by atoms with E-state index < -0.39 is 0 Å². The molecule has 0 aliphatic heterocycles. The largest absolute Gasteiger partial charge is 0.395 e. The first-order valence-corrected chi connectivity index (χ1v) is 6.26. The Kier molecular flexibility index (Phi) is 5.64. The van der Waals surface area contributed by atoms with Crippen molar-refractivity contribution in [1.29, 1.82) is 0 Å². The maximum Gasteiger partial charge on any atom is 0.274 e. The highest BCUT2D eigenvalue weighted by Crippen LogP contribution is 2.15. The number of carbonyl (C=O) groups is 1. The molecule has 0 aromatic carbocycles. The summed E-state index contributed by atoms with van der Waals surface area (Å²) >= 11 is 0. The maximum atomic E-state index is 12.0. The summed E-state index contributed by atoms with van der Waals surface area (Å²) in [6, 6.07) is -0.0202. The number of anilines is 1. The number of nitrogens with zero attached hydrogens (tertiary/aromatic N) is 1. The van der Waals surface area contributed by atoms with Crippen LogP contribution in [0.3, 0.4) is 0 Å². The Hall–Kier alpha value is -1.56. The molecule has 0 saturated heterocycles. The standard InChI is InChI=1S/C12H22N4O2/c1-4-6-9-10(13)11(16-15-9)12(17)14-8(5-2)7-18-3/h8H,4-7,13H2,1-3H3,(H,14,17)(H,15,16). The van der Waals surface area contributed by atoms with Crippen LogP contribution in [-0.4, -0.2) is 35.9 Å². The van der Waals surface area contributed by atoms with Crippen LogP contribution >= 0.6 is 0 Å². The van der Waals surface area contributed by atoms with Crippen molar-refractivity contribution in [2.24, 2.45) is 0 Å². The number of H-pyrrole nitrogens is 1. The summed E-state index contributed by atoms with van der Waals surface area (Å²) in [7, 11) is 1.61. The fourth-order valence-corrected chi connectivity index (χ4v) is 1.72. The molecule has 1 aromatic rings. The van der Waals surface area contributed by atoms with Crippen LogP contribution in [0.1, 0.15) is 42.9 Å². The molecule has 102 valence electrons. The minimum Gasteiger partial charge on any atom is -0.395 e. The Labute approximate surface area is 107 Å². The lowest BCUT2D eigenvalue weighted by Crippen LogP contribution is -2.38. The molecule has 1 unspecified atom stereocenters. The molecule has 0 saturated carbocycles. The van der Waals surface area contributed by atoms with E-state index in [2.05, 4.69) is 15.5 Å². The summed E-state index contributed by atoms with van der Waals surface area (Å²) in [6.45, 7) is 4.51. The van der Waals surface area contributed by atoms with E-state index in [1.54, 1.807) is 7.11 Å². The number of carbonyl (C=O) groups excluding carboxylic acids is 1. The van der Waals surface area contributed by atoms with Gasteiger partial charge >= 0.3 is 0 Å². The highest BCUT2D eigenvalue weighted by Gasteiger charge is 2.19. The van der Waals surface area contributed by atoms with Gasteiger partial charge in [-0.15, -0.1) is 0 Å². The van der Waals surface area contributed by atoms with Gasteiger partial charge in [-0.25, -0.2) is 0 Å². The number of ether oxygens (including phenoxy) is 1. The molecular formula is C12H22N4O2. The van der Waals surface area contributed by atoms with Gasteiger partial charge < -0.3 is 15.8 Å². The number of aryl methyl sites for hydroxylation is 1. The van der Waals surface area contributed by atoms with Crippen LogP contribution in [0.15, 0.2) is 0 Å². The zero-order chi connectivity index (χ0) is 13.5. The van der Waals surface area contributed by atoms with Gasteiger partial charge in [0.05, 0.1) is 24.0 Å². The molecule has 6 heteroatoms. The summed E-state index contributed by atoms with van der Waals surface area (Å²) in [6.07, 6.45) is 2.54. The first-order valence-electron chi connectivity index (χ1n) is 6.26. The summed E-state index contributed by atoms with van der Waals surface area (Å²) < 4.78 is 5.03. The van der Waals surface area contributed by atoms with E-state index in [4.69, 9.17) is 10.5 Å². The molecule has 4 N–H and O–H groups in total. The van der Waals surface area contributed by atoms with Crippen molar-refractivity contribution in [3.8, 4) is 0 Å². The topological polar surface area (TPSA) is 93.0 Å². The third-order valence-electron chi connectivity index (χ3n) is 2.79. The number of hydrogen-bond donors (Lipinski definition) is 3. The normalized spacial score (nSPS) is 12.4. The molecule has 0 aliphatic carbocycles. The monoisotopic (exact) mass is 254 g/mol. The number of aromatic amines is 1. The Morgan fingerprint density at radius 1 is 1.56 bits per heavy atom. The van der Waals surface area contributed by atoms with Crippen LogP contribution in [0.4, 0.5) is 5.69 Å². The highest BCUT2D eigenvalue weighted by molar-refractivity contribution is 5.97. The molecular weight excluding hydrogens is 232 g/mol. The summed E-state index contributed by atoms with van der Waals surface area (Å²) in [5.41, 5.74) is 7.43. The van der Waals surface area contributed by atoms with E-state index >= 15 is 0 Å². The number of methoxy groups -OCH3 is 1. The number of rotatable bonds is 7. The molecule has 6 nitrogen and oxygen atoms in total. The molecule has 1 amide bonds. The molecule has 0 fully saturated rings. The lowest BCUT2D eigenvalue weighted by atomic mass is 10.2. The van der Waals surface area contributed by atoms with Crippen LogP contribution in [-0.2, 0) is 11.2 Å². The zero-order valence-corrected chi connectivity index (χ0v) is 11.2. The fourth-order valence-electron chi connectivity index (χ4n) is 1.72. The van der Waals surface area contributed by atoms with Crippen molar-refractivity contribution in [2.75, 3.05) is 19.5 Å². The minimum absolute atomic E-state index is 0.0202. The lowest BCUT2D eigenvalue weighted by Gasteiger charge is -2.15. The molecule has 0 radical (unpaired) electrons. The van der Waals surface area contributed by atoms with Gasteiger partial charge in [0.1, 0.15) is 0 Å². The number of amides is 1. The van der Waals surface area contributed by atoms with E-state index in [-0.39, 0.29) is 17.6 Å². The van der Waals surface area contributed by atoms with Crippen molar-refractivity contribution in [1.82, 2.24) is 15.5 Å². The second-order valence-electron chi connectivity index (χ2n) is 4.25. The zero-order valence-electron chi connectivity index (χ0n) is 11.2. The number of nitrogens with two attached hydrogens (primary N) is 1. The lowest BCUT2D eigenvalue weighted by molar-refractivity contribution is 0.0890. The van der Waals surface area contributed by atoms with E-state index in [1.807, 2.05) is 13.8 Å². The quantitative estimate of drug-likeness (QED) is 0.679. The first-order chi connectivity index (χ1) is 8.63. The molecule has 1 aromatic heterocycles. The Bertz CT molecular complexity index is 389. The van der Waals surface area contributed by atoms with Crippen molar-refractivity contribution in [3.63, 3.8) is 0 Å². The second-order valence-corrected chi connectivity index (χ2v) is 4.25. The van der Waals surface area contributed by atoms with Crippen LogP contribution in [0.25, 0.3) is 0 Å². The van der Waals surface area contributed by atoms with Crippen LogP contribution in [0.2, 0.25) is 0 Å². The van der Waals surface area contributed by atoms with E-state index in [0.717, 1.165) is 25.0 Å². The van der Waals surface area contributed by atoms with Gasteiger partial charge in [0.2, 0.25) is 0 Å². The van der Waals surface area contributed by atoms with Crippen molar-refractivity contribution >= 4 is 11.6 Å². The van der Waals surface area contributed by atoms with Crippen molar-refractivity contribution in [2.45, 2.75) is 39.2 Å². The summed E-state index contributed by atoms with van der Waals surface area (Å²) in [4.78, 5) is 12.0. The summed E-state index contributed by atoms with van der Waals surface area (Å²) in [5, 5.41) is 9.64. The highest BCUT2D eigenvalue weighted by atomic mass is 16.5. The Morgan fingerprint density at radius 3 is 2.83 bits per heavy atom. The van der Waals surface area contributed by atoms with Crippen LogP contribution in [0.5, 0.6) is 0 Å². The van der Waals surface area contributed by atoms with Gasteiger partial charge in [-0.05, 0) is 12.8 Å². The molecule has 0 aliphatic rings. The maximum absolute atomic E-state index is 12.0. The molecule has 18 heavy (non-hydrogen) atoms. The third-order valence-corrected chi connectivity index (χ3v) is 2.79. The molecule has 1 heterocycles. The van der Waals surface area contributed by atoms with Gasteiger partial charge in [0.15, 0.2) is 5.69 Å². The predicted octanol–water partition coefficient (Wildman–Crippen LogP) is 1.10. The minimum atomic E-state index is -0.255. The number of nitrogen functional groups attached to an aromatic ring is 1. The molecule has 0 bridgehead atoms. The SMILES string of the molecule is CCCc1[nH]nc(C(=O)NC(CC)COC)c1N. The summed E-state index contributed by atoms with van der Waals surface area (Å²) in [5.74, 6) is -0.255. The molecule has 1 atom stereocenters. The van der Waals surface area contributed by atoms with Gasteiger partial charge in [0.25, 0.3) is 5.91 Å². The van der Waals surface area contributed by atoms with E-state index in [1.165, 1.54) is 0 Å². The fraction of sp³-hybridized carbons (Fsp3) is 0.667. The third kappa shape index (κ3) is 3.46. The Morgan fingerprint density at radius 2 is 2.28 bits per heavy atom. The van der Waals surface area contributed by atoms with Gasteiger partial charge in [0, 0.05) is 7.11 Å². The average molecular weight is 254 g/mol. The van der Waals surface area contributed by atoms with E-state index in [9.17, 15) is 4.79 Å². The number of hydrogen-bond acceptors (Lipinski definition) is 4. The second kappa shape index (κ2) is 7.00.